The van der Waals surface area contributed by atoms with E-state index in [1.54, 1.807) is 22.9 Å². The highest BCUT2D eigenvalue weighted by Gasteiger charge is 2.24. The number of rotatable bonds is 13. The number of hydrogen-bond acceptors (Lipinski definition) is 8. The fourth-order valence-corrected chi connectivity index (χ4v) is 2.83. The fraction of sp³-hybridized carbons (Fsp3) is 0.550. The van der Waals surface area contributed by atoms with Crippen LogP contribution in [-0.2, 0) is 35.0 Å². The summed E-state index contributed by atoms with van der Waals surface area (Å²) in [5.41, 5.74) is 1.56. The van der Waals surface area contributed by atoms with E-state index in [1.807, 2.05) is 30.3 Å². The van der Waals surface area contributed by atoms with Gasteiger partial charge in [0.1, 0.15) is 12.3 Å². The summed E-state index contributed by atoms with van der Waals surface area (Å²) in [7, 11) is 1.61. The minimum absolute atomic E-state index is 0.0623. The molecule has 2 aromatic rings. The highest BCUT2D eigenvalue weighted by molar-refractivity contribution is 5.77. The third-order valence-electron chi connectivity index (χ3n) is 4.36. The lowest BCUT2D eigenvalue weighted by Crippen LogP contribution is -2.39. The van der Waals surface area contributed by atoms with Crippen molar-refractivity contribution in [3.05, 3.63) is 42.2 Å². The van der Waals surface area contributed by atoms with Crippen LogP contribution < -0.4 is 0 Å². The van der Waals surface area contributed by atoms with E-state index < -0.39 is 6.29 Å². The average Bonchev–Trinajstić information content (AvgIpc) is 3.45. The van der Waals surface area contributed by atoms with Crippen molar-refractivity contribution in [2.45, 2.75) is 12.8 Å². The third-order valence-corrected chi connectivity index (χ3v) is 4.36. The van der Waals surface area contributed by atoms with E-state index in [1.165, 1.54) is 0 Å². The Labute approximate surface area is 175 Å². The summed E-state index contributed by atoms with van der Waals surface area (Å²) < 4.78 is 28.4. The Morgan fingerprint density at radius 1 is 1.13 bits per heavy atom. The highest BCUT2D eigenvalue weighted by Crippen LogP contribution is 2.11. The molecule has 1 aromatic carbocycles. The summed E-state index contributed by atoms with van der Waals surface area (Å²) in [6.45, 7) is 3.30. The van der Waals surface area contributed by atoms with E-state index >= 15 is 0 Å². The first-order chi connectivity index (χ1) is 14.8. The summed E-state index contributed by atoms with van der Waals surface area (Å²) in [5.74, 6) is -0.180. The largest absolute Gasteiger partial charge is 0.382 e. The predicted octanol–water partition coefficient (Wildman–Crippen LogP) is 0.648. The van der Waals surface area contributed by atoms with Crippen LogP contribution in [0.5, 0.6) is 0 Å². The van der Waals surface area contributed by atoms with Crippen molar-refractivity contribution < 1.29 is 28.5 Å². The van der Waals surface area contributed by atoms with Crippen LogP contribution in [0.15, 0.2) is 36.5 Å². The molecule has 0 N–H and O–H groups in total. The first-order valence-corrected chi connectivity index (χ1v) is 9.88. The van der Waals surface area contributed by atoms with E-state index in [0.717, 1.165) is 5.69 Å². The summed E-state index contributed by atoms with van der Waals surface area (Å²) in [6, 6.07) is 9.66. The fourth-order valence-electron chi connectivity index (χ4n) is 2.83. The number of ether oxygens (including phenoxy) is 5. The Balaban J connectivity index is 1.53. The molecule has 0 bridgehead atoms. The summed E-state index contributed by atoms with van der Waals surface area (Å²) >= 11 is 0. The predicted molar refractivity (Wildman–Crippen MR) is 106 cm³/mol. The van der Waals surface area contributed by atoms with Crippen molar-refractivity contribution in [3.63, 3.8) is 0 Å². The van der Waals surface area contributed by atoms with Crippen molar-refractivity contribution in [1.82, 2.24) is 19.9 Å². The molecule has 1 fully saturated rings. The Hall–Kier alpha value is -2.37. The van der Waals surface area contributed by atoms with Gasteiger partial charge in [0.25, 0.3) is 0 Å². The zero-order chi connectivity index (χ0) is 21.0. The molecule has 10 nitrogen and oxygen atoms in total. The molecule has 1 amide bonds. The zero-order valence-electron chi connectivity index (χ0n) is 17.1. The molecule has 30 heavy (non-hydrogen) atoms. The summed E-state index contributed by atoms with van der Waals surface area (Å²) in [5, 5.41) is 8.34. The number of nitrogens with zero attached hydrogens (tertiary/aromatic N) is 4. The molecule has 3 rings (SSSR count). The SMILES string of the molecule is COCCOCCOCC(=O)N(Cc1cn(-c2ccccc2)nn1)CC1OCCO1. The van der Waals surface area contributed by atoms with Crippen LogP contribution in [0.4, 0.5) is 0 Å². The van der Waals surface area contributed by atoms with E-state index in [9.17, 15) is 4.79 Å². The molecular weight excluding hydrogens is 392 g/mol. The van der Waals surface area contributed by atoms with Crippen LogP contribution >= 0.6 is 0 Å². The number of amides is 1. The number of carbonyl (C=O) groups excluding carboxylic acids is 1. The van der Waals surface area contributed by atoms with Crippen LogP contribution in [0.25, 0.3) is 5.69 Å². The normalized spacial score (nSPS) is 14.3. The quantitative estimate of drug-likeness (QED) is 0.436. The number of aromatic nitrogens is 3. The van der Waals surface area contributed by atoms with Gasteiger partial charge >= 0.3 is 0 Å². The second-order valence-electron chi connectivity index (χ2n) is 6.59. The van der Waals surface area contributed by atoms with Gasteiger partial charge in [-0.05, 0) is 12.1 Å². The second-order valence-corrected chi connectivity index (χ2v) is 6.59. The van der Waals surface area contributed by atoms with Gasteiger partial charge in [-0.25, -0.2) is 4.68 Å². The number of benzene rings is 1. The Morgan fingerprint density at radius 2 is 1.87 bits per heavy atom. The molecule has 0 aliphatic carbocycles. The van der Waals surface area contributed by atoms with Gasteiger partial charge in [-0.3, -0.25) is 4.79 Å². The Morgan fingerprint density at radius 3 is 2.63 bits per heavy atom. The van der Waals surface area contributed by atoms with E-state index in [2.05, 4.69) is 10.3 Å². The zero-order valence-corrected chi connectivity index (χ0v) is 17.1. The number of para-hydroxylation sites is 1. The molecule has 0 spiro atoms. The highest BCUT2D eigenvalue weighted by atomic mass is 16.7. The third kappa shape index (κ3) is 7.15. The minimum atomic E-state index is -0.449. The monoisotopic (exact) mass is 420 g/mol. The maximum Gasteiger partial charge on any atom is 0.249 e. The van der Waals surface area contributed by atoms with Gasteiger partial charge in [-0.15, -0.1) is 5.10 Å². The molecule has 1 aromatic heterocycles. The van der Waals surface area contributed by atoms with Crippen molar-refractivity contribution in [1.29, 1.82) is 0 Å². The smallest absolute Gasteiger partial charge is 0.249 e. The van der Waals surface area contributed by atoms with Crippen molar-refractivity contribution in [2.24, 2.45) is 0 Å². The maximum atomic E-state index is 12.7. The van der Waals surface area contributed by atoms with Gasteiger partial charge in [0.05, 0.1) is 64.6 Å². The van der Waals surface area contributed by atoms with Crippen molar-refractivity contribution >= 4 is 5.91 Å². The molecular formula is C20H28N4O6. The summed E-state index contributed by atoms with van der Waals surface area (Å²) in [4.78, 5) is 14.3. The first kappa shape index (κ1) is 22.3. The molecule has 1 aliphatic heterocycles. The van der Waals surface area contributed by atoms with Gasteiger partial charge in [0.15, 0.2) is 6.29 Å². The summed E-state index contributed by atoms with van der Waals surface area (Å²) in [6.07, 6.45) is 1.35. The lowest BCUT2D eigenvalue weighted by Gasteiger charge is -2.24. The van der Waals surface area contributed by atoms with Crippen molar-refractivity contribution in [2.75, 3.05) is 59.9 Å². The minimum Gasteiger partial charge on any atom is -0.382 e. The Kier molecular flexibility index (Phi) is 9.19. The van der Waals surface area contributed by atoms with Crippen LogP contribution in [0, 0.1) is 0 Å². The number of hydrogen-bond donors (Lipinski definition) is 0. The van der Waals surface area contributed by atoms with Gasteiger partial charge in [0, 0.05) is 7.11 Å². The standard InChI is InChI=1S/C20H28N4O6/c1-26-7-8-27-9-10-28-16-19(25)23(15-20-29-11-12-30-20)13-17-14-24(22-21-17)18-5-3-2-4-6-18/h2-6,14,20H,7-13,15-16H2,1H3. The molecule has 0 unspecified atom stereocenters. The van der Waals surface area contributed by atoms with Gasteiger partial charge in [-0.1, -0.05) is 23.4 Å². The van der Waals surface area contributed by atoms with Crippen LogP contribution in [0.3, 0.4) is 0 Å². The topological polar surface area (TPSA) is 97.2 Å². The molecule has 1 saturated heterocycles. The molecule has 10 heteroatoms. The molecule has 0 saturated carbocycles. The molecule has 164 valence electrons. The lowest BCUT2D eigenvalue weighted by atomic mass is 10.3. The van der Waals surface area contributed by atoms with Crippen molar-refractivity contribution in [3.8, 4) is 5.69 Å². The van der Waals surface area contributed by atoms with Gasteiger partial charge < -0.3 is 28.6 Å². The molecule has 2 heterocycles. The molecule has 0 atom stereocenters. The van der Waals surface area contributed by atoms with Crippen LogP contribution in [0.2, 0.25) is 0 Å². The van der Waals surface area contributed by atoms with Gasteiger partial charge in [0.2, 0.25) is 5.91 Å². The average molecular weight is 420 g/mol. The van der Waals surface area contributed by atoms with E-state index in [0.29, 0.717) is 51.9 Å². The molecule has 1 aliphatic rings. The van der Waals surface area contributed by atoms with E-state index in [-0.39, 0.29) is 19.1 Å². The van der Waals surface area contributed by atoms with Gasteiger partial charge in [-0.2, -0.15) is 0 Å². The lowest BCUT2D eigenvalue weighted by molar-refractivity contribution is -0.143. The van der Waals surface area contributed by atoms with E-state index in [4.69, 9.17) is 23.7 Å². The van der Waals surface area contributed by atoms with Crippen LogP contribution in [-0.4, -0.2) is 92.0 Å². The first-order valence-electron chi connectivity index (χ1n) is 9.88. The second kappa shape index (κ2) is 12.4. The molecule has 0 radical (unpaired) electrons. The number of methoxy groups -OCH3 is 1. The number of carbonyl (C=O) groups is 1. The maximum absolute atomic E-state index is 12.7. The van der Waals surface area contributed by atoms with Crippen LogP contribution in [0.1, 0.15) is 5.69 Å². The Bertz CT molecular complexity index is 751.